The maximum absolute atomic E-state index is 12.7. The highest BCUT2D eigenvalue weighted by Gasteiger charge is 2.28. The van der Waals surface area contributed by atoms with Gasteiger partial charge in [0.05, 0.1) is 11.4 Å². The zero-order valence-electron chi connectivity index (χ0n) is 16.0. The fourth-order valence-electron chi connectivity index (χ4n) is 3.51. The van der Waals surface area contributed by atoms with Crippen LogP contribution in [0, 0.1) is 0 Å². The molecule has 4 rings (SSSR count). The summed E-state index contributed by atoms with van der Waals surface area (Å²) in [5.41, 5.74) is 2.08. The molecule has 0 aliphatic carbocycles. The molecule has 1 fully saturated rings. The van der Waals surface area contributed by atoms with E-state index in [-0.39, 0.29) is 30.0 Å². The highest BCUT2D eigenvalue weighted by Crippen LogP contribution is 2.36. The minimum atomic E-state index is -0.253. The average Bonchev–Trinajstić information content (AvgIpc) is 3.29. The van der Waals surface area contributed by atoms with E-state index >= 15 is 0 Å². The number of amides is 3. The van der Waals surface area contributed by atoms with Crippen LogP contribution in [0.5, 0.6) is 0 Å². The Morgan fingerprint density at radius 3 is 2.76 bits per heavy atom. The number of anilines is 1. The molecule has 2 aliphatic heterocycles. The first-order valence-electron chi connectivity index (χ1n) is 9.64. The van der Waals surface area contributed by atoms with E-state index in [0.29, 0.717) is 17.8 Å². The van der Waals surface area contributed by atoms with Crippen molar-refractivity contribution in [1.29, 1.82) is 0 Å². The number of likely N-dealkylation sites (tertiary alicyclic amines) is 1. The van der Waals surface area contributed by atoms with Crippen LogP contribution in [0.25, 0.3) is 0 Å². The van der Waals surface area contributed by atoms with Crippen molar-refractivity contribution in [3.8, 4) is 0 Å². The number of rotatable bonds is 5. The highest BCUT2D eigenvalue weighted by atomic mass is 32.2. The molecule has 3 amide bonds. The van der Waals surface area contributed by atoms with Gasteiger partial charge in [-0.2, -0.15) is 0 Å². The second-order valence-electron chi connectivity index (χ2n) is 7.09. The van der Waals surface area contributed by atoms with E-state index in [0.717, 1.165) is 36.4 Å². The molecule has 8 heteroatoms. The van der Waals surface area contributed by atoms with Gasteiger partial charge in [-0.15, -0.1) is 11.8 Å². The number of benzene rings is 1. The first kappa shape index (κ1) is 19.4. The molecule has 1 aromatic heterocycles. The molecular formula is C21H22N4O3S. The number of aromatic nitrogens is 1. The van der Waals surface area contributed by atoms with Gasteiger partial charge in [0.15, 0.2) is 0 Å². The highest BCUT2D eigenvalue weighted by molar-refractivity contribution is 8.00. The SMILES string of the molecule is O=C(CN1C(=O)CSc2ccc(C(=O)N3CCCC3)cc21)NCc1cccnc1. The van der Waals surface area contributed by atoms with Crippen molar-refractivity contribution in [3.63, 3.8) is 0 Å². The van der Waals surface area contributed by atoms with Crippen LogP contribution in [0.2, 0.25) is 0 Å². The van der Waals surface area contributed by atoms with Crippen LogP contribution < -0.4 is 10.2 Å². The van der Waals surface area contributed by atoms with Crippen molar-refractivity contribution < 1.29 is 14.4 Å². The lowest BCUT2D eigenvalue weighted by Crippen LogP contribution is -2.43. The Balaban J connectivity index is 1.49. The summed E-state index contributed by atoms with van der Waals surface area (Å²) >= 11 is 1.43. The summed E-state index contributed by atoms with van der Waals surface area (Å²) in [6.45, 7) is 1.81. The Bertz CT molecular complexity index is 929. The van der Waals surface area contributed by atoms with E-state index in [1.54, 1.807) is 18.5 Å². The second-order valence-corrected chi connectivity index (χ2v) is 8.11. The summed E-state index contributed by atoms with van der Waals surface area (Å²) < 4.78 is 0. The molecule has 1 saturated heterocycles. The quantitative estimate of drug-likeness (QED) is 0.816. The predicted molar refractivity (Wildman–Crippen MR) is 111 cm³/mol. The van der Waals surface area contributed by atoms with Crippen LogP contribution in [0.15, 0.2) is 47.6 Å². The number of carbonyl (C=O) groups is 3. The summed E-state index contributed by atoms with van der Waals surface area (Å²) in [5.74, 6) is -0.127. The van der Waals surface area contributed by atoms with E-state index in [9.17, 15) is 14.4 Å². The van der Waals surface area contributed by atoms with Gasteiger partial charge in [0.2, 0.25) is 11.8 Å². The summed E-state index contributed by atoms with van der Waals surface area (Å²) in [6.07, 6.45) is 5.41. The summed E-state index contributed by atoms with van der Waals surface area (Å²) in [7, 11) is 0. The van der Waals surface area contributed by atoms with Crippen molar-refractivity contribution in [2.75, 3.05) is 30.3 Å². The van der Waals surface area contributed by atoms with Gasteiger partial charge in [-0.1, -0.05) is 6.07 Å². The zero-order chi connectivity index (χ0) is 20.2. The third kappa shape index (κ3) is 4.42. The van der Waals surface area contributed by atoms with Crippen molar-refractivity contribution in [2.24, 2.45) is 0 Å². The lowest BCUT2D eigenvalue weighted by atomic mass is 10.1. The Morgan fingerprint density at radius 2 is 2.00 bits per heavy atom. The maximum atomic E-state index is 12.7. The number of hydrogen-bond donors (Lipinski definition) is 1. The van der Waals surface area contributed by atoms with Crippen molar-refractivity contribution >= 4 is 35.2 Å². The number of nitrogens with one attached hydrogen (secondary N) is 1. The molecule has 0 unspecified atom stereocenters. The number of nitrogens with zero attached hydrogens (tertiary/aromatic N) is 3. The maximum Gasteiger partial charge on any atom is 0.253 e. The minimum absolute atomic E-state index is 0.0192. The van der Waals surface area contributed by atoms with Gasteiger partial charge < -0.3 is 15.1 Å². The summed E-state index contributed by atoms with van der Waals surface area (Å²) in [6, 6.07) is 9.11. The molecule has 29 heavy (non-hydrogen) atoms. The molecule has 2 aliphatic rings. The molecular weight excluding hydrogens is 388 g/mol. The minimum Gasteiger partial charge on any atom is -0.350 e. The number of thioether (sulfide) groups is 1. The van der Waals surface area contributed by atoms with Gasteiger partial charge in [0.25, 0.3) is 5.91 Å². The Kier molecular flexibility index (Phi) is 5.80. The van der Waals surface area contributed by atoms with Gasteiger partial charge in [-0.3, -0.25) is 19.4 Å². The van der Waals surface area contributed by atoms with Crippen molar-refractivity contribution in [1.82, 2.24) is 15.2 Å². The number of pyridine rings is 1. The molecule has 0 saturated carbocycles. The van der Waals surface area contributed by atoms with Crippen LogP contribution >= 0.6 is 11.8 Å². The van der Waals surface area contributed by atoms with E-state index in [1.165, 1.54) is 16.7 Å². The van der Waals surface area contributed by atoms with E-state index < -0.39 is 0 Å². The van der Waals surface area contributed by atoms with Gasteiger partial charge >= 0.3 is 0 Å². The molecule has 0 bridgehead atoms. The van der Waals surface area contributed by atoms with Crippen LogP contribution in [0.4, 0.5) is 5.69 Å². The van der Waals surface area contributed by atoms with Crippen molar-refractivity contribution in [3.05, 3.63) is 53.9 Å². The van der Waals surface area contributed by atoms with E-state index in [4.69, 9.17) is 0 Å². The average molecular weight is 410 g/mol. The first-order valence-corrected chi connectivity index (χ1v) is 10.6. The topological polar surface area (TPSA) is 82.6 Å². The largest absolute Gasteiger partial charge is 0.350 e. The standard InChI is InChI=1S/C21H22N4O3S/c26-19(23-12-15-4-3-7-22-11-15)13-25-17-10-16(21(28)24-8-1-2-9-24)5-6-18(17)29-14-20(25)27/h3-7,10-11H,1-2,8-9,12-14H2,(H,23,26). The molecule has 1 N–H and O–H groups in total. The monoisotopic (exact) mass is 410 g/mol. The normalized spacial score (nSPS) is 15.9. The number of carbonyl (C=O) groups excluding carboxylic acids is 3. The van der Waals surface area contributed by atoms with Crippen LogP contribution in [0.3, 0.4) is 0 Å². The first-order chi connectivity index (χ1) is 14.1. The number of hydrogen-bond acceptors (Lipinski definition) is 5. The lowest BCUT2D eigenvalue weighted by Gasteiger charge is -2.29. The third-order valence-electron chi connectivity index (χ3n) is 5.06. The molecule has 7 nitrogen and oxygen atoms in total. The molecule has 3 heterocycles. The Morgan fingerprint density at radius 1 is 1.17 bits per heavy atom. The van der Waals surface area contributed by atoms with Crippen LogP contribution in [-0.4, -0.2) is 53.0 Å². The van der Waals surface area contributed by atoms with Crippen molar-refractivity contribution in [2.45, 2.75) is 24.3 Å². The van der Waals surface area contributed by atoms with Crippen LogP contribution in [0.1, 0.15) is 28.8 Å². The zero-order valence-corrected chi connectivity index (χ0v) is 16.8. The number of fused-ring (bicyclic) bond motifs is 1. The van der Waals surface area contributed by atoms with Gasteiger partial charge in [0, 0.05) is 42.5 Å². The van der Waals surface area contributed by atoms with Gasteiger partial charge in [-0.05, 0) is 42.7 Å². The van der Waals surface area contributed by atoms with Gasteiger partial charge in [-0.25, -0.2) is 0 Å². The third-order valence-corrected chi connectivity index (χ3v) is 6.10. The molecule has 0 radical (unpaired) electrons. The Labute approximate surface area is 173 Å². The molecule has 2 aromatic rings. The fraction of sp³-hybridized carbons (Fsp3) is 0.333. The molecule has 1 aromatic carbocycles. The van der Waals surface area contributed by atoms with E-state index in [1.807, 2.05) is 29.2 Å². The van der Waals surface area contributed by atoms with E-state index in [2.05, 4.69) is 10.3 Å². The second kappa shape index (κ2) is 8.65. The fourth-order valence-corrected chi connectivity index (χ4v) is 4.43. The Hall–Kier alpha value is -2.87. The summed E-state index contributed by atoms with van der Waals surface area (Å²) in [5, 5.41) is 2.82. The predicted octanol–water partition coefficient (Wildman–Crippen LogP) is 2.07. The van der Waals surface area contributed by atoms with Gasteiger partial charge in [0.1, 0.15) is 6.54 Å². The molecule has 0 atom stereocenters. The lowest BCUT2D eigenvalue weighted by molar-refractivity contribution is -0.123. The molecule has 0 spiro atoms. The smallest absolute Gasteiger partial charge is 0.253 e. The molecule has 150 valence electrons. The summed E-state index contributed by atoms with van der Waals surface area (Å²) in [4.78, 5) is 46.0. The van der Waals surface area contributed by atoms with Crippen LogP contribution in [-0.2, 0) is 16.1 Å².